The van der Waals surface area contributed by atoms with E-state index in [1.54, 1.807) is 30.3 Å². The minimum Gasteiger partial charge on any atom is -0.508 e. The number of fused-ring (bicyclic) bond motifs is 1. The number of carbonyl (C=O) groups excluding carboxylic acids is 1. The van der Waals surface area contributed by atoms with Gasteiger partial charge in [-0.2, -0.15) is 0 Å². The van der Waals surface area contributed by atoms with Crippen molar-refractivity contribution in [2.75, 3.05) is 6.61 Å². The molecule has 1 atom stereocenters. The molecule has 0 bridgehead atoms. The maximum atomic E-state index is 12.7. The molecule has 0 radical (unpaired) electrons. The fourth-order valence-electron chi connectivity index (χ4n) is 2.59. The van der Waals surface area contributed by atoms with Crippen LogP contribution in [0.1, 0.15) is 13.3 Å². The van der Waals surface area contributed by atoms with Crippen molar-refractivity contribution in [2.45, 2.75) is 19.6 Å². The number of hydrogen-bond acceptors (Lipinski definition) is 6. The summed E-state index contributed by atoms with van der Waals surface area (Å²) in [6, 6.07) is 11.2. The summed E-state index contributed by atoms with van der Waals surface area (Å²) in [6.45, 7) is 2.22. The summed E-state index contributed by atoms with van der Waals surface area (Å²) in [5, 5.41) is 9.78. The monoisotopic (exact) mass is 354 g/mol. The highest BCUT2D eigenvalue weighted by molar-refractivity contribution is 5.82. The summed E-state index contributed by atoms with van der Waals surface area (Å²) in [4.78, 5) is 23.4. The van der Waals surface area contributed by atoms with Crippen LogP contribution in [0.3, 0.4) is 0 Å². The minimum absolute atomic E-state index is 0.107. The standard InChI is InChI=1S/C20H18O6/c1-2-24-19(9-10-21)26-15-7-8-16-18(11-15)25-12-17(20(16)23)13-3-5-14(22)6-4-13/h3-8,10-12,19,22H,2,9H2,1H3. The number of phenolic OH excluding ortho intramolecular Hbond substituents is 1. The molecule has 1 N–H and O–H groups in total. The first kappa shape index (κ1) is 17.7. The lowest BCUT2D eigenvalue weighted by molar-refractivity contribution is -0.119. The summed E-state index contributed by atoms with van der Waals surface area (Å²) in [6.07, 6.45) is 1.53. The first-order valence-electron chi connectivity index (χ1n) is 8.19. The van der Waals surface area contributed by atoms with Gasteiger partial charge in [-0.15, -0.1) is 0 Å². The molecule has 6 heteroatoms. The number of ether oxygens (including phenoxy) is 2. The van der Waals surface area contributed by atoms with Crippen molar-refractivity contribution in [1.29, 1.82) is 0 Å². The molecule has 1 unspecified atom stereocenters. The summed E-state index contributed by atoms with van der Waals surface area (Å²) in [5.41, 5.74) is 1.25. The van der Waals surface area contributed by atoms with Crippen molar-refractivity contribution in [2.24, 2.45) is 0 Å². The van der Waals surface area contributed by atoms with Gasteiger partial charge in [0.25, 0.3) is 0 Å². The van der Waals surface area contributed by atoms with E-state index in [-0.39, 0.29) is 17.6 Å². The van der Waals surface area contributed by atoms with E-state index in [0.717, 1.165) is 6.29 Å². The second-order valence-corrected chi connectivity index (χ2v) is 5.59. The molecule has 1 aromatic heterocycles. The van der Waals surface area contributed by atoms with Crippen LogP contribution >= 0.6 is 0 Å². The zero-order valence-corrected chi connectivity index (χ0v) is 14.2. The Morgan fingerprint density at radius 2 is 1.96 bits per heavy atom. The fraction of sp³-hybridized carbons (Fsp3) is 0.200. The Morgan fingerprint density at radius 1 is 1.19 bits per heavy atom. The molecule has 3 aromatic rings. The van der Waals surface area contributed by atoms with E-state index >= 15 is 0 Å². The third-order valence-electron chi connectivity index (χ3n) is 3.83. The number of carbonyl (C=O) groups is 1. The van der Waals surface area contributed by atoms with E-state index in [1.165, 1.54) is 18.4 Å². The van der Waals surface area contributed by atoms with Crippen LogP contribution in [0, 0.1) is 0 Å². The molecule has 134 valence electrons. The lowest BCUT2D eigenvalue weighted by atomic mass is 10.1. The van der Waals surface area contributed by atoms with Crippen molar-refractivity contribution < 1.29 is 23.8 Å². The lowest BCUT2D eigenvalue weighted by Gasteiger charge is -2.16. The van der Waals surface area contributed by atoms with Crippen LogP contribution in [0.25, 0.3) is 22.1 Å². The first-order chi connectivity index (χ1) is 12.6. The number of aromatic hydroxyl groups is 1. The predicted molar refractivity (Wildman–Crippen MR) is 96.3 cm³/mol. The Labute approximate surface area is 149 Å². The average molecular weight is 354 g/mol. The van der Waals surface area contributed by atoms with E-state index < -0.39 is 6.29 Å². The van der Waals surface area contributed by atoms with Crippen LogP contribution in [0.15, 0.2) is 57.9 Å². The van der Waals surface area contributed by atoms with Gasteiger partial charge in [0.1, 0.15) is 29.6 Å². The normalized spacial score (nSPS) is 12.0. The molecule has 0 spiro atoms. The highest BCUT2D eigenvalue weighted by atomic mass is 16.7. The first-order valence-corrected chi connectivity index (χ1v) is 8.19. The molecule has 6 nitrogen and oxygen atoms in total. The van der Waals surface area contributed by atoms with Crippen molar-refractivity contribution in [3.05, 3.63) is 59.0 Å². The van der Waals surface area contributed by atoms with Crippen LogP contribution in [-0.4, -0.2) is 24.3 Å². The molecule has 0 amide bonds. The summed E-state index contributed by atoms with van der Waals surface area (Å²) in [7, 11) is 0. The van der Waals surface area contributed by atoms with Gasteiger partial charge in [0, 0.05) is 12.7 Å². The maximum Gasteiger partial charge on any atom is 0.206 e. The maximum absolute atomic E-state index is 12.7. The number of rotatable bonds is 7. The van der Waals surface area contributed by atoms with Gasteiger partial charge in [-0.05, 0) is 36.8 Å². The predicted octanol–water partition coefficient (Wildman–Crippen LogP) is 3.50. The number of benzene rings is 2. The Bertz CT molecular complexity index is 958. The molecular formula is C20H18O6. The van der Waals surface area contributed by atoms with Crippen LogP contribution < -0.4 is 10.2 Å². The van der Waals surface area contributed by atoms with Gasteiger partial charge in [-0.1, -0.05) is 12.1 Å². The molecule has 26 heavy (non-hydrogen) atoms. The van der Waals surface area contributed by atoms with E-state index in [2.05, 4.69) is 0 Å². The van der Waals surface area contributed by atoms with Crippen LogP contribution in [-0.2, 0) is 9.53 Å². The Kier molecular flexibility index (Phi) is 5.34. The van der Waals surface area contributed by atoms with Gasteiger partial charge in [0.05, 0.1) is 17.4 Å². The van der Waals surface area contributed by atoms with E-state index in [4.69, 9.17) is 13.9 Å². The van der Waals surface area contributed by atoms with Gasteiger partial charge in [0.15, 0.2) is 5.43 Å². The van der Waals surface area contributed by atoms with Crippen molar-refractivity contribution in [1.82, 2.24) is 0 Å². The molecule has 3 rings (SSSR count). The summed E-state index contributed by atoms with van der Waals surface area (Å²) in [5.74, 6) is 0.568. The van der Waals surface area contributed by atoms with Gasteiger partial charge in [0.2, 0.25) is 6.29 Å². The number of phenols is 1. The molecular weight excluding hydrogens is 336 g/mol. The lowest BCUT2D eigenvalue weighted by Crippen LogP contribution is -2.21. The smallest absolute Gasteiger partial charge is 0.206 e. The van der Waals surface area contributed by atoms with Crippen LogP contribution in [0.2, 0.25) is 0 Å². The van der Waals surface area contributed by atoms with E-state index in [9.17, 15) is 14.7 Å². The number of aldehydes is 1. The van der Waals surface area contributed by atoms with E-state index in [0.29, 0.717) is 34.5 Å². The molecule has 0 aliphatic carbocycles. The largest absolute Gasteiger partial charge is 0.508 e. The van der Waals surface area contributed by atoms with Crippen LogP contribution in [0.5, 0.6) is 11.5 Å². The Hall–Kier alpha value is -3.12. The molecule has 0 aliphatic rings. The second-order valence-electron chi connectivity index (χ2n) is 5.59. The zero-order chi connectivity index (χ0) is 18.5. The molecule has 0 saturated carbocycles. The molecule has 2 aromatic carbocycles. The molecule has 0 saturated heterocycles. The number of hydrogen-bond donors (Lipinski definition) is 1. The third-order valence-corrected chi connectivity index (χ3v) is 3.83. The summed E-state index contributed by atoms with van der Waals surface area (Å²) < 4.78 is 16.6. The molecule has 0 fully saturated rings. The van der Waals surface area contributed by atoms with Crippen molar-refractivity contribution in [3.8, 4) is 22.6 Å². The van der Waals surface area contributed by atoms with Gasteiger partial charge >= 0.3 is 0 Å². The van der Waals surface area contributed by atoms with Gasteiger partial charge in [-0.25, -0.2) is 0 Å². The molecule has 0 aliphatic heterocycles. The van der Waals surface area contributed by atoms with Crippen molar-refractivity contribution >= 4 is 17.3 Å². The Morgan fingerprint density at radius 3 is 2.65 bits per heavy atom. The summed E-state index contributed by atoms with van der Waals surface area (Å²) >= 11 is 0. The van der Waals surface area contributed by atoms with Crippen molar-refractivity contribution in [3.63, 3.8) is 0 Å². The zero-order valence-electron chi connectivity index (χ0n) is 14.2. The van der Waals surface area contributed by atoms with Crippen LogP contribution in [0.4, 0.5) is 0 Å². The third kappa shape index (κ3) is 3.75. The van der Waals surface area contributed by atoms with Gasteiger partial charge in [-0.3, -0.25) is 4.79 Å². The minimum atomic E-state index is -0.682. The highest BCUT2D eigenvalue weighted by Crippen LogP contribution is 2.25. The molecule has 1 heterocycles. The SMILES string of the molecule is CCOC(CC=O)Oc1ccc2c(=O)c(-c3ccc(O)cc3)coc2c1. The topological polar surface area (TPSA) is 86.0 Å². The average Bonchev–Trinajstić information content (AvgIpc) is 2.63. The van der Waals surface area contributed by atoms with E-state index in [1.807, 2.05) is 6.92 Å². The highest BCUT2D eigenvalue weighted by Gasteiger charge is 2.13. The second kappa shape index (κ2) is 7.84. The fourth-order valence-corrected chi connectivity index (χ4v) is 2.59. The Balaban J connectivity index is 1.94. The van der Waals surface area contributed by atoms with Gasteiger partial charge < -0.3 is 23.8 Å². The quantitative estimate of drug-likeness (QED) is 0.516.